The molecule has 7 heteroatoms. The minimum Gasteiger partial charge on any atom is -0.464 e. The number of benzene rings is 1. The second kappa shape index (κ2) is 7.50. The van der Waals surface area contributed by atoms with Crippen LogP contribution in [-0.4, -0.2) is 23.3 Å². The van der Waals surface area contributed by atoms with E-state index in [1.54, 1.807) is 12.3 Å². The third-order valence-corrected chi connectivity index (χ3v) is 4.88. The number of esters is 1. The smallest absolute Gasteiger partial charge is 0.310 e. The highest BCUT2D eigenvalue weighted by Crippen LogP contribution is 2.23. The fraction of sp³-hybridized carbons (Fsp3) is 0.263. The molecule has 1 atom stereocenters. The van der Waals surface area contributed by atoms with Crippen LogP contribution in [0.15, 0.2) is 34.3 Å². The van der Waals surface area contributed by atoms with E-state index in [2.05, 4.69) is 4.98 Å². The van der Waals surface area contributed by atoms with Crippen molar-refractivity contribution in [2.45, 2.75) is 26.2 Å². The maximum absolute atomic E-state index is 12.2. The number of aryl methyl sites for hydroxylation is 2. The van der Waals surface area contributed by atoms with Gasteiger partial charge in [0.05, 0.1) is 18.8 Å². The standard InChI is InChI=1S/C19H16N2O4S/c1-11-3-4-14-13(8-24-17(14)5-11)6-18(23)25-9-16(22)15(7-20)19-21-12(2)10-26-19/h3-5,8,10,15H,6,9H2,1-2H3. The van der Waals surface area contributed by atoms with Gasteiger partial charge in [-0.25, -0.2) is 4.98 Å². The maximum Gasteiger partial charge on any atom is 0.310 e. The molecule has 1 unspecified atom stereocenters. The molecule has 1 aromatic carbocycles. The van der Waals surface area contributed by atoms with Gasteiger partial charge < -0.3 is 9.15 Å². The molecule has 0 N–H and O–H groups in total. The van der Waals surface area contributed by atoms with Gasteiger partial charge in [0.1, 0.15) is 10.6 Å². The molecule has 0 spiro atoms. The quantitative estimate of drug-likeness (QED) is 0.619. The number of carbonyl (C=O) groups excluding carboxylic acids is 2. The summed E-state index contributed by atoms with van der Waals surface area (Å²) in [4.78, 5) is 28.4. The van der Waals surface area contributed by atoms with Gasteiger partial charge in [-0.05, 0) is 25.5 Å². The largest absolute Gasteiger partial charge is 0.464 e. The molecule has 2 aromatic heterocycles. The van der Waals surface area contributed by atoms with Crippen molar-refractivity contribution in [1.29, 1.82) is 5.26 Å². The Hall–Kier alpha value is -2.98. The normalized spacial score (nSPS) is 11.9. The predicted molar refractivity (Wildman–Crippen MR) is 95.8 cm³/mol. The zero-order valence-electron chi connectivity index (χ0n) is 14.3. The molecule has 0 aliphatic heterocycles. The summed E-state index contributed by atoms with van der Waals surface area (Å²) in [5, 5.41) is 12.2. The van der Waals surface area contributed by atoms with Crippen LogP contribution >= 0.6 is 11.3 Å². The summed E-state index contributed by atoms with van der Waals surface area (Å²) in [6, 6.07) is 7.63. The predicted octanol–water partition coefficient (Wildman–Crippen LogP) is 3.47. The van der Waals surface area contributed by atoms with Gasteiger partial charge in [0, 0.05) is 22.0 Å². The molecule has 2 heterocycles. The Balaban J connectivity index is 1.61. The summed E-state index contributed by atoms with van der Waals surface area (Å²) in [5.74, 6) is -2.05. The number of fused-ring (bicyclic) bond motifs is 1. The number of carbonyl (C=O) groups is 2. The summed E-state index contributed by atoms with van der Waals surface area (Å²) < 4.78 is 10.5. The molecule has 6 nitrogen and oxygen atoms in total. The highest BCUT2D eigenvalue weighted by molar-refractivity contribution is 7.09. The Morgan fingerprint density at radius 1 is 1.38 bits per heavy atom. The topological polar surface area (TPSA) is 93.2 Å². The van der Waals surface area contributed by atoms with Crippen molar-refractivity contribution in [3.05, 3.63) is 51.7 Å². The highest BCUT2D eigenvalue weighted by atomic mass is 32.1. The lowest BCUT2D eigenvalue weighted by atomic mass is 10.1. The van der Waals surface area contributed by atoms with Crippen LogP contribution in [0.3, 0.4) is 0 Å². The zero-order chi connectivity index (χ0) is 18.7. The molecule has 0 saturated heterocycles. The van der Waals surface area contributed by atoms with E-state index in [0.717, 1.165) is 16.6 Å². The third kappa shape index (κ3) is 3.81. The second-order valence-corrected chi connectivity index (χ2v) is 6.84. The van der Waals surface area contributed by atoms with Crippen LogP contribution in [0.2, 0.25) is 0 Å². The number of aromatic nitrogens is 1. The molecular weight excluding hydrogens is 352 g/mol. The SMILES string of the molecule is Cc1ccc2c(CC(=O)OCC(=O)C(C#N)c3nc(C)cs3)coc2c1. The molecule has 0 fully saturated rings. The number of ether oxygens (including phenoxy) is 1. The van der Waals surface area contributed by atoms with Crippen molar-refractivity contribution < 1.29 is 18.7 Å². The molecule has 0 radical (unpaired) electrons. The number of nitriles is 1. The van der Waals surface area contributed by atoms with Gasteiger partial charge in [0.15, 0.2) is 18.3 Å². The van der Waals surface area contributed by atoms with Crippen LogP contribution < -0.4 is 0 Å². The molecule has 132 valence electrons. The summed E-state index contributed by atoms with van der Waals surface area (Å²) in [6.45, 7) is 3.29. The monoisotopic (exact) mass is 368 g/mol. The Kier molecular flexibility index (Phi) is 5.14. The Morgan fingerprint density at radius 2 is 2.19 bits per heavy atom. The van der Waals surface area contributed by atoms with E-state index in [1.165, 1.54) is 17.6 Å². The number of ketones is 1. The second-order valence-electron chi connectivity index (χ2n) is 5.95. The summed E-state index contributed by atoms with van der Waals surface area (Å²) >= 11 is 1.24. The van der Waals surface area contributed by atoms with Crippen LogP contribution in [0.1, 0.15) is 27.7 Å². The molecule has 0 saturated carbocycles. The minimum absolute atomic E-state index is 0.00305. The van der Waals surface area contributed by atoms with Crippen LogP contribution in [0.25, 0.3) is 11.0 Å². The minimum atomic E-state index is -1.01. The molecular formula is C19H16N2O4S. The lowest BCUT2D eigenvalue weighted by Gasteiger charge is -2.06. The van der Waals surface area contributed by atoms with Crippen molar-refractivity contribution in [2.75, 3.05) is 6.61 Å². The van der Waals surface area contributed by atoms with E-state index in [4.69, 9.17) is 9.15 Å². The van der Waals surface area contributed by atoms with Crippen molar-refractivity contribution in [2.24, 2.45) is 0 Å². The summed E-state index contributed by atoms with van der Waals surface area (Å²) in [7, 11) is 0. The Labute approximate surface area is 154 Å². The van der Waals surface area contributed by atoms with E-state index in [0.29, 0.717) is 16.2 Å². The van der Waals surface area contributed by atoms with Crippen molar-refractivity contribution >= 4 is 34.1 Å². The summed E-state index contributed by atoms with van der Waals surface area (Å²) in [6.07, 6.45) is 1.51. The van der Waals surface area contributed by atoms with E-state index >= 15 is 0 Å². The number of furan rings is 1. The number of hydrogen-bond acceptors (Lipinski definition) is 7. The van der Waals surface area contributed by atoms with E-state index < -0.39 is 24.3 Å². The first kappa shape index (κ1) is 17.8. The number of rotatable bonds is 6. The van der Waals surface area contributed by atoms with Gasteiger partial charge in [-0.2, -0.15) is 5.26 Å². The third-order valence-electron chi connectivity index (χ3n) is 3.86. The number of Topliss-reactive ketones (excluding diaryl/α,β-unsaturated/α-hetero) is 1. The molecule has 0 aliphatic rings. The highest BCUT2D eigenvalue weighted by Gasteiger charge is 2.24. The summed E-state index contributed by atoms with van der Waals surface area (Å²) in [5.41, 5.74) is 3.21. The van der Waals surface area contributed by atoms with Crippen molar-refractivity contribution in [3.63, 3.8) is 0 Å². The van der Waals surface area contributed by atoms with Gasteiger partial charge in [-0.1, -0.05) is 12.1 Å². The molecule has 0 bridgehead atoms. The van der Waals surface area contributed by atoms with Crippen LogP contribution in [0.4, 0.5) is 0 Å². The first-order chi connectivity index (χ1) is 12.5. The number of hydrogen-bond donors (Lipinski definition) is 0. The van der Waals surface area contributed by atoms with E-state index in [9.17, 15) is 14.9 Å². The van der Waals surface area contributed by atoms with Crippen LogP contribution in [0, 0.1) is 25.2 Å². The first-order valence-electron chi connectivity index (χ1n) is 7.94. The van der Waals surface area contributed by atoms with Crippen molar-refractivity contribution in [3.8, 4) is 6.07 Å². The number of nitrogens with zero attached hydrogens (tertiary/aromatic N) is 2. The Bertz CT molecular complexity index is 1010. The van der Waals surface area contributed by atoms with Crippen LogP contribution in [0.5, 0.6) is 0 Å². The van der Waals surface area contributed by atoms with E-state index in [1.807, 2.05) is 31.2 Å². The molecule has 3 rings (SSSR count). The maximum atomic E-state index is 12.2. The molecule has 0 amide bonds. The molecule has 26 heavy (non-hydrogen) atoms. The van der Waals surface area contributed by atoms with Gasteiger partial charge in [-0.15, -0.1) is 11.3 Å². The molecule has 3 aromatic rings. The van der Waals surface area contributed by atoms with Gasteiger partial charge in [0.2, 0.25) is 0 Å². The van der Waals surface area contributed by atoms with Crippen molar-refractivity contribution in [1.82, 2.24) is 4.98 Å². The lowest BCUT2D eigenvalue weighted by molar-refractivity contribution is -0.147. The average molecular weight is 368 g/mol. The average Bonchev–Trinajstić information content (AvgIpc) is 3.20. The van der Waals surface area contributed by atoms with E-state index in [-0.39, 0.29) is 6.42 Å². The molecule has 0 aliphatic carbocycles. The fourth-order valence-corrected chi connectivity index (χ4v) is 3.40. The van der Waals surface area contributed by atoms with Gasteiger partial charge in [0.25, 0.3) is 0 Å². The fourth-order valence-electron chi connectivity index (χ4n) is 2.54. The first-order valence-corrected chi connectivity index (χ1v) is 8.82. The Morgan fingerprint density at radius 3 is 2.88 bits per heavy atom. The number of thiazole rings is 1. The zero-order valence-corrected chi connectivity index (χ0v) is 15.1. The van der Waals surface area contributed by atoms with Gasteiger partial charge in [-0.3, -0.25) is 9.59 Å². The lowest BCUT2D eigenvalue weighted by Crippen LogP contribution is -2.20. The van der Waals surface area contributed by atoms with Gasteiger partial charge >= 0.3 is 5.97 Å². The van der Waals surface area contributed by atoms with Crippen LogP contribution in [-0.2, 0) is 20.7 Å².